The number of hydrogen-bond acceptors (Lipinski definition) is 7. The van der Waals surface area contributed by atoms with E-state index >= 15 is 0 Å². The van der Waals surface area contributed by atoms with Crippen LogP contribution < -0.4 is 4.74 Å². The molecule has 0 radical (unpaired) electrons. The number of rotatable bonds is 3. The Hall–Kier alpha value is -2.80. The van der Waals surface area contributed by atoms with E-state index in [0.29, 0.717) is 18.1 Å². The first kappa shape index (κ1) is 13.8. The highest BCUT2D eigenvalue weighted by Crippen LogP contribution is 2.36. The summed E-state index contributed by atoms with van der Waals surface area (Å²) in [5.41, 5.74) is 1.10. The van der Waals surface area contributed by atoms with Crippen LogP contribution in [0.15, 0.2) is 60.5 Å². The zero-order valence-corrected chi connectivity index (χ0v) is 12.8. The molecule has 0 saturated carbocycles. The van der Waals surface area contributed by atoms with Crippen molar-refractivity contribution >= 4 is 17.2 Å². The lowest BCUT2D eigenvalue weighted by Crippen LogP contribution is -2.07. The first-order valence-corrected chi connectivity index (χ1v) is 7.86. The van der Waals surface area contributed by atoms with Crippen molar-refractivity contribution in [2.24, 2.45) is 5.16 Å². The van der Waals surface area contributed by atoms with Crippen molar-refractivity contribution in [3.05, 3.63) is 60.3 Å². The number of aromatic nitrogens is 3. The van der Waals surface area contributed by atoms with Crippen LogP contribution in [-0.2, 0) is 4.84 Å². The summed E-state index contributed by atoms with van der Waals surface area (Å²) in [5, 5.41) is 4.00. The van der Waals surface area contributed by atoms with Crippen LogP contribution in [0.1, 0.15) is 17.4 Å². The zero-order valence-electron chi connectivity index (χ0n) is 12.0. The molecule has 4 heterocycles. The van der Waals surface area contributed by atoms with Gasteiger partial charge >= 0.3 is 0 Å². The molecule has 1 atom stereocenters. The third kappa shape index (κ3) is 3.04. The van der Waals surface area contributed by atoms with Gasteiger partial charge in [-0.1, -0.05) is 11.2 Å². The quantitative estimate of drug-likeness (QED) is 0.738. The standard InChI is InChI=1S/C16H12N4O2S/c1-2-11(7-17-5-1)14-3-4-15(23-14)13-6-16(20-22-13)21-12-8-18-10-19-9-12/h1-5,7-10,13H,6H2/t13-/m0/s1. The summed E-state index contributed by atoms with van der Waals surface area (Å²) in [4.78, 5) is 19.7. The fourth-order valence-corrected chi connectivity index (χ4v) is 3.25. The summed E-state index contributed by atoms with van der Waals surface area (Å²) in [6.07, 6.45) is 8.72. The van der Waals surface area contributed by atoms with E-state index in [1.54, 1.807) is 29.9 Å². The third-order valence-corrected chi connectivity index (χ3v) is 4.53. The molecule has 1 aliphatic rings. The lowest BCUT2D eigenvalue weighted by molar-refractivity contribution is 0.0881. The molecule has 6 nitrogen and oxygen atoms in total. The average molecular weight is 324 g/mol. The van der Waals surface area contributed by atoms with E-state index in [2.05, 4.69) is 32.2 Å². The number of thiophene rings is 1. The van der Waals surface area contributed by atoms with Crippen molar-refractivity contribution in [3.63, 3.8) is 0 Å². The molecule has 7 heteroatoms. The zero-order chi connectivity index (χ0) is 15.5. The molecule has 114 valence electrons. The Balaban J connectivity index is 1.44. The fraction of sp³-hybridized carbons (Fsp3) is 0.125. The highest BCUT2D eigenvalue weighted by atomic mass is 32.1. The third-order valence-electron chi connectivity index (χ3n) is 3.30. The molecule has 0 N–H and O–H groups in total. The van der Waals surface area contributed by atoms with Crippen molar-refractivity contribution in [2.45, 2.75) is 12.5 Å². The van der Waals surface area contributed by atoms with Crippen molar-refractivity contribution in [3.8, 4) is 16.2 Å². The highest BCUT2D eigenvalue weighted by Gasteiger charge is 2.26. The molecule has 23 heavy (non-hydrogen) atoms. The molecule has 0 unspecified atom stereocenters. The molecule has 4 rings (SSSR count). The molecule has 1 aliphatic heterocycles. The lowest BCUT2D eigenvalue weighted by atomic mass is 10.2. The molecule has 3 aromatic heterocycles. The van der Waals surface area contributed by atoms with Gasteiger partial charge in [-0.2, -0.15) is 0 Å². The Labute approximate surface area is 136 Å². The van der Waals surface area contributed by atoms with E-state index in [-0.39, 0.29) is 6.10 Å². The van der Waals surface area contributed by atoms with Gasteiger partial charge in [0.05, 0.1) is 18.8 Å². The van der Waals surface area contributed by atoms with E-state index in [4.69, 9.17) is 9.57 Å². The maximum atomic E-state index is 5.61. The smallest absolute Gasteiger partial charge is 0.235 e. The number of oxime groups is 1. The number of nitrogens with zero attached hydrogens (tertiary/aromatic N) is 4. The second kappa shape index (κ2) is 6.13. The van der Waals surface area contributed by atoms with Crippen LogP contribution in [0.5, 0.6) is 5.75 Å². The lowest BCUT2D eigenvalue weighted by Gasteiger charge is -2.04. The van der Waals surface area contributed by atoms with Gasteiger partial charge in [-0.25, -0.2) is 9.97 Å². The molecular weight excluding hydrogens is 312 g/mol. The Morgan fingerprint density at radius 1 is 1.09 bits per heavy atom. The first-order valence-electron chi connectivity index (χ1n) is 7.04. The molecule has 0 bridgehead atoms. The SMILES string of the molecule is c1cncc(-c2ccc([C@@H]3CC(Oc4cncnc4)=NO3)s2)c1. The largest absolute Gasteiger partial charge is 0.436 e. The van der Waals surface area contributed by atoms with Gasteiger partial charge in [0.2, 0.25) is 5.90 Å². The van der Waals surface area contributed by atoms with E-state index in [9.17, 15) is 0 Å². The van der Waals surface area contributed by atoms with Gasteiger partial charge in [-0.05, 0) is 18.2 Å². The molecule has 0 aliphatic carbocycles. The Morgan fingerprint density at radius 2 is 2.00 bits per heavy atom. The van der Waals surface area contributed by atoms with Crippen LogP contribution in [-0.4, -0.2) is 20.8 Å². The maximum absolute atomic E-state index is 5.61. The van der Waals surface area contributed by atoms with Gasteiger partial charge in [-0.3, -0.25) is 4.98 Å². The van der Waals surface area contributed by atoms with Gasteiger partial charge < -0.3 is 9.57 Å². The number of hydrogen-bond donors (Lipinski definition) is 0. The van der Waals surface area contributed by atoms with Crippen molar-refractivity contribution < 1.29 is 9.57 Å². The van der Waals surface area contributed by atoms with E-state index in [1.165, 1.54) is 6.33 Å². The summed E-state index contributed by atoms with van der Waals surface area (Å²) in [6.45, 7) is 0. The molecule has 0 aromatic carbocycles. The van der Waals surface area contributed by atoms with Gasteiger partial charge in [0, 0.05) is 27.7 Å². The van der Waals surface area contributed by atoms with Crippen molar-refractivity contribution in [1.29, 1.82) is 0 Å². The maximum Gasteiger partial charge on any atom is 0.235 e. The molecule has 0 fully saturated rings. The summed E-state index contributed by atoms with van der Waals surface area (Å²) < 4.78 is 5.61. The van der Waals surface area contributed by atoms with Gasteiger partial charge in [0.1, 0.15) is 6.33 Å². The molecule has 0 amide bonds. The van der Waals surface area contributed by atoms with Gasteiger partial charge in [-0.15, -0.1) is 11.3 Å². The van der Waals surface area contributed by atoms with Crippen LogP contribution in [0.3, 0.4) is 0 Å². The van der Waals surface area contributed by atoms with E-state index in [1.807, 2.05) is 18.3 Å². The second-order valence-electron chi connectivity index (χ2n) is 4.90. The summed E-state index contributed by atoms with van der Waals surface area (Å²) >= 11 is 1.67. The fourth-order valence-electron chi connectivity index (χ4n) is 2.23. The minimum atomic E-state index is -0.120. The number of pyridine rings is 1. The predicted molar refractivity (Wildman–Crippen MR) is 86.1 cm³/mol. The monoisotopic (exact) mass is 324 g/mol. The molecule has 3 aromatic rings. The highest BCUT2D eigenvalue weighted by molar-refractivity contribution is 7.15. The van der Waals surface area contributed by atoms with E-state index < -0.39 is 0 Å². The summed E-state index contributed by atoms with van der Waals surface area (Å²) in [5.74, 6) is 1.08. The minimum Gasteiger partial charge on any atom is -0.436 e. The molecule has 0 saturated heterocycles. The van der Waals surface area contributed by atoms with Crippen molar-refractivity contribution in [2.75, 3.05) is 0 Å². The summed E-state index contributed by atoms with van der Waals surface area (Å²) in [6, 6.07) is 8.10. The van der Waals surface area contributed by atoms with Crippen LogP contribution >= 0.6 is 11.3 Å². The average Bonchev–Trinajstić information content (AvgIpc) is 3.26. The van der Waals surface area contributed by atoms with E-state index in [0.717, 1.165) is 15.3 Å². The first-order chi connectivity index (χ1) is 11.4. The van der Waals surface area contributed by atoms with Crippen LogP contribution in [0.25, 0.3) is 10.4 Å². The van der Waals surface area contributed by atoms with Gasteiger partial charge in [0.25, 0.3) is 0 Å². The Morgan fingerprint density at radius 3 is 2.83 bits per heavy atom. The van der Waals surface area contributed by atoms with Gasteiger partial charge in [0.15, 0.2) is 11.9 Å². The number of ether oxygens (including phenoxy) is 1. The van der Waals surface area contributed by atoms with Crippen LogP contribution in [0.4, 0.5) is 0 Å². The predicted octanol–water partition coefficient (Wildman–Crippen LogP) is 3.45. The van der Waals surface area contributed by atoms with Crippen LogP contribution in [0, 0.1) is 0 Å². The van der Waals surface area contributed by atoms with Crippen LogP contribution in [0.2, 0.25) is 0 Å². The normalized spacial score (nSPS) is 16.7. The Kier molecular flexibility index (Phi) is 3.69. The Bertz CT molecular complexity index is 820. The van der Waals surface area contributed by atoms with Crippen molar-refractivity contribution in [1.82, 2.24) is 15.0 Å². The minimum absolute atomic E-state index is 0.120. The molecule has 0 spiro atoms. The topological polar surface area (TPSA) is 69.5 Å². The summed E-state index contributed by atoms with van der Waals surface area (Å²) in [7, 11) is 0. The second-order valence-corrected chi connectivity index (χ2v) is 6.02. The molecular formula is C16H12N4O2S.